The van der Waals surface area contributed by atoms with Crippen molar-refractivity contribution >= 4 is 0 Å². The lowest BCUT2D eigenvalue weighted by atomic mass is 9.98. The van der Waals surface area contributed by atoms with Gasteiger partial charge in [-0.3, -0.25) is 0 Å². The summed E-state index contributed by atoms with van der Waals surface area (Å²) in [6, 6.07) is 6.24. The summed E-state index contributed by atoms with van der Waals surface area (Å²) in [5, 5.41) is 0. The van der Waals surface area contributed by atoms with Crippen molar-refractivity contribution in [1.29, 1.82) is 0 Å². The van der Waals surface area contributed by atoms with Crippen LogP contribution in [-0.4, -0.2) is 23.2 Å². The zero-order valence-electron chi connectivity index (χ0n) is 12.7. The predicted molar refractivity (Wildman–Crippen MR) is 82.1 cm³/mol. The molecule has 0 saturated heterocycles. The smallest absolute Gasteiger partial charge is 0.122 e. The maximum Gasteiger partial charge on any atom is 0.122 e. The van der Waals surface area contributed by atoms with Crippen LogP contribution in [0.25, 0.3) is 11.3 Å². The quantitative estimate of drug-likeness (QED) is 0.911. The Hall–Kier alpha value is -1.81. The van der Waals surface area contributed by atoms with Crippen LogP contribution in [0.2, 0.25) is 0 Å². The lowest BCUT2D eigenvalue weighted by molar-refractivity contribution is 0.407. The summed E-state index contributed by atoms with van der Waals surface area (Å²) in [6.45, 7) is 7.76. The highest BCUT2D eigenvalue weighted by Gasteiger charge is 2.11. The first-order chi connectivity index (χ1) is 9.56. The molecule has 0 aliphatic carbocycles. The molecule has 4 heteroatoms. The number of hydrogen-bond donors (Lipinski definition) is 1. The van der Waals surface area contributed by atoms with Crippen LogP contribution in [0.15, 0.2) is 24.4 Å². The van der Waals surface area contributed by atoms with E-state index in [-0.39, 0.29) is 0 Å². The summed E-state index contributed by atoms with van der Waals surface area (Å²) in [5.41, 5.74) is 8.92. The lowest BCUT2D eigenvalue weighted by Gasteiger charge is -2.12. The third-order valence-electron chi connectivity index (χ3n) is 3.49. The maximum atomic E-state index is 5.61. The van der Waals surface area contributed by atoms with Gasteiger partial charge >= 0.3 is 0 Å². The summed E-state index contributed by atoms with van der Waals surface area (Å²) in [5.74, 6) is 2.34. The standard InChI is InChI=1S/C16H23N3O/c1-11(2)14-9-13(5-6-16(14)20-4)15-10-19(8-7-17)12(3)18-15/h5-6,9-11H,7-8,17H2,1-4H3. The molecule has 0 fully saturated rings. The normalized spacial score (nSPS) is 11.1. The van der Waals surface area contributed by atoms with Crippen molar-refractivity contribution in [3.8, 4) is 17.0 Å². The van der Waals surface area contributed by atoms with Crippen molar-refractivity contribution in [3.63, 3.8) is 0 Å². The van der Waals surface area contributed by atoms with Gasteiger partial charge in [0, 0.05) is 24.8 Å². The third-order valence-corrected chi connectivity index (χ3v) is 3.49. The highest BCUT2D eigenvalue weighted by atomic mass is 16.5. The number of nitrogens with two attached hydrogens (primary N) is 1. The summed E-state index contributed by atoms with van der Waals surface area (Å²) in [6.07, 6.45) is 2.06. The monoisotopic (exact) mass is 273 g/mol. The molecule has 0 saturated carbocycles. The molecule has 0 spiro atoms. The number of benzene rings is 1. The van der Waals surface area contributed by atoms with Gasteiger partial charge in [0.2, 0.25) is 0 Å². The summed E-state index contributed by atoms with van der Waals surface area (Å²) >= 11 is 0. The van der Waals surface area contributed by atoms with Crippen molar-refractivity contribution in [1.82, 2.24) is 9.55 Å². The first kappa shape index (κ1) is 14.6. The molecule has 2 rings (SSSR count). The number of ether oxygens (including phenoxy) is 1. The van der Waals surface area contributed by atoms with Crippen molar-refractivity contribution in [2.45, 2.75) is 33.2 Å². The second-order valence-corrected chi connectivity index (χ2v) is 5.27. The SMILES string of the molecule is COc1ccc(-c2cn(CCN)c(C)n2)cc1C(C)C. The van der Waals surface area contributed by atoms with Crippen LogP contribution < -0.4 is 10.5 Å². The van der Waals surface area contributed by atoms with E-state index in [1.54, 1.807) is 7.11 Å². The summed E-state index contributed by atoms with van der Waals surface area (Å²) in [7, 11) is 1.71. The molecule has 0 aliphatic heterocycles. The fraction of sp³-hybridized carbons (Fsp3) is 0.438. The zero-order chi connectivity index (χ0) is 14.7. The Labute approximate surface area is 120 Å². The molecule has 0 bridgehead atoms. The van der Waals surface area contributed by atoms with Gasteiger partial charge in [0.1, 0.15) is 11.6 Å². The number of rotatable bonds is 5. The molecule has 4 nitrogen and oxygen atoms in total. The van der Waals surface area contributed by atoms with Gasteiger partial charge in [-0.1, -0.05) is 13.8 Å². The van der Waals surface area contributed by atoms with E-state index in [9.17, 15) is 0 Å². The van der Waals surface area contributed by atoms with Gasteiger partial charge < -0.3 is 15.0 Å². The predicted octanol–water partition coefficient (Wildman–Crippen LogP) is 2.95. The van der Waals surface area contributed by atoms with Crippen LogP contribution in [0.1, 0.15) is 31.2 Å². The zero-order valence-corrected chi connectivity index (χ0v) is 12.7. The highest BCUT2D eigenvalue weighted by Crippen LogP contribution is 2.31. The van der Waals surface area contributed by atoms with Gasteiger partial charge in [0.25, 0.3) is 0 Å². The Kier molecular flexibility index (Phi) is 4.45. The first-order valence-electron chi connectivity index (χ1n) is 6.99. The largest absolute Gasteiger partial charge is 0.496 e. The highest BCUT2D eigenvalue weighted by molar-refractivity contribution is 5.62. The topological polar surface area (TPSA) is 53.1 Å². The van der Waals surface area contributed by atoms with E-state index in [2.05, 4.69) is 41.7 Å². The summed E-state index contributed by atoms with van der Waals surface area (Å²) in [4.78, 5) is 4.62. The Morgan fingerprint density at radius 1 is 1.35 bits per heavy atom. The molecule has 1 aromatic heterocycles. The number of aromatic nitrogens is 2. The average Bonchev–Trinajstić information content (AvgIpc) is 2.80. The van der Waals surface area contributed by atoms with Crippen LogP contribution in [0.3, 0.4) is 0 Å². The van der Waals surface area contributed by atoms with Gasteiger partial charge in [0.15, 0.2) is 0 Å². The van der Waals surface area contributed by atoms with Gasteiger partial charge in [-0.15, -0.1) is 0 Å². The van der Waals surface area contributed by atoms with Crippen LogP contribution in [0.4, 0.5) is 0 Å². The van der Waals surface area contributed by atoms with Crippen LogP contribution in [-0.2, 0) is 6.54 Å². The van der Waals surface area contributed by atoms with E-state index in [0.717, 1.165) is 29.4 Å². The lowest BCUT2D eigenvalue weighted by Crippen LogP contribution is -2.10. The first-order valence-corrected chi connectivity index (χ1v) is 6.99. The minimum absolute atomic E-state index is 0.414. The maximum absolute atomic E-state index is 5.61. The molecule has 0 aliphatic rings. The molecule has 0 atom stereocenters. The van der Waals surface area contributed by atoms with E-state index in [1.165, 1.54) is 5.56 Å². The fourth-order valence-corrected chi connectivity index (χ4v) is 2.36. The fourth-order valence-electron chi connectivity index (χ4n) is 2.36. The van der Waals surface area contributed by atoms with Crippen LogP contribution in [0.5, 0.6) is 5.75 Å². The number of aryl methyl sites for hydroxylation is 1. The molecule has 1 heterocycles. The van der Waals surface area contributed by atoms with E-state index in [4.69, 9.17) is 10.5 Å². The van der Waals surface area contributed by atoms with E-state index in [0.29, 0.717) is 12.5 Å². The Morgan fingerprint density at radius 2 is 2.10 bits per heavy atom. The van der Waals surface area contributed by atoms with E-state index in [1.807, 2.05) is 13.0 Å². The molecule has 0 unspecified atom stereocenters. The van der Waals surface area contributed by atoms with E-state index >= 15 is 0 Å². The number of hydrogen-bond acceptors (Lipinski definition) is 3. The van der Waals surface area contributed by atoms with Gasteiger partial charge in [-0.2, -0.15) is 0 Å². The molecular formula is C16H23N3O. The van der Waals surface area contributed by atoms with Gasteiger partial charge in [0.05, 0.1) is 12.8 Å². The summed E-state index contributed by atoms with van der Waals surface area (Å²) < 4.78 is 7.51. The molecule has 2 aromatic rings. The molecular weight excluding hydrogens is 250 g/mol. The Morgan fingerprint density at radius 3 is 2.70 bits per heavy atom. The number of methoxy groups -OCH3 is 1. The van der Waals surface area contributed by atoms with E-state index < -0.39 is 0 Å². The van der Waals surface area contributed by atoms with Crippen molar-refractivity contribution in [3.05, 3.63) is 35.8 Å². The van der Waals surface area contributed by atoms with Crippen molar-refractivity contribution in [2.24, 2.45) is 5.73 Å². The molecule has 2 N–H and O–H groups in total. The Balaban J connectivity index is 2.42. The number of imidazole rings is 1. The minimum atomic E-state index is 0.414. The third kappa shape index (κ3) is 2.85. The number of nitrogens with zero attached hydrogens (tertiary/aromatic N) is 2. The molecule has 108 valence electrons. The van der Waals surface area contributed by atoms with Crippen molar-refractivity contribution in [2.75, 3.05) is 13.7 Å². The molecule has 1 aromatic carbocycles. The van der Waals surface area contributed by atoms with Gasteiger partial charge in [-0.05, 0) is 36.6 Å². The second-order valence-electron chi connectivity index (χ2n) is 5.27. The minimum Gasteiger partial charge on any atom is -0.496 e. The van der Waals surface area contributed by atoms with Crippen LogP contribution >= 0.6 is 0 Å². The molecule has 20 heavy (non-hydrogen) atoms. The van der Waals surface area contributed by atoms with Crippen LogP contribution in [0, 0.1) is 6.92 Å². The Bertz CT molecular complexity index is 587. The molecule has 0 radical (unpaired) electrons. The van der Waals surface area contributed by atoms with Gasteiger partial charge in [-0.25, -0.2) is 4.98 Å². The average molecular weight is 273 g/mol. The van der Waals surface area contributed by atoms with Crippen molar-refractivity contribution < 1.29 is 4.74 Å². The second kappa shape index (κ2) is 6.09. The molecule has 0 amide bonds.